The fraction of sp³-hybridized carbons (Fsp3) is 0.364. The van der Waals surface area contributed by atoms with Gasteiger partial charge >= 0.3 is 0 Å². The minimum absolute atomic E-state index is 0.586. The number of hydrogen-bond donors (Lipinski definition) is 1. The summed E-state index contributed by atoms with van der Waals surface area (Å²) < 4.78 is 0.983. The number of amidine groups is 1. The second-order valence-corrected chi connectivity index (χ2v) is 3.86. The third-order valence-electron chi connectivity index (χ3n) is 2.21. The van der Waals surface area contributed by atoms with E-state index in [1.807, 2.05) is 29.2 Å². The third-order valence-corrected chi connectivity index (χ3v) is 2.90. The van der Waals surface area contributed by atoms with Gasteiger partial charge in [0.15, 0.2) is 0 Å². The molecule has 0 spiro atoms. The highest BCUT2D eigenvalue weighted by molar-refractivity contribution is 9.10. The van der Waals surface area contributed by atoms with Gasteiger partial charge in [0.25, 0.3) is 0 Å². The summed E-state index contributed by atoms with van der Waals surface area (Å²) in [5, 5.41) is 8.02. The molecule has 14 heavy (non-hydrogen) atoms. The van der Waals surface area contributed by atoms with Crippen LogP contribution in [0.2, 0.25) is 0 Å². The van der Waals surface area contributed by atoms with Crippen LogP contribution in [0.3, 0.4) is 0 Å². The van der Waals surface area contributed by atoms with Crippen molar-refractivity contribution in [2.45, 2.75) is 13.8 Å². The number of nitrogens with zero attached hydrogens (tertiary/aromatic N) is 1. The zero-order valence-corrected chi connectivity index (χ0v) is 10.1. The van der Waals surface area contributed by atoms with Crippen molar-refractivity contribution in [1.29, 1.82) is 5.41 Å². The predicted molar refractivity (Wildman–Crippen MR) is 63.9 cm³/mol. The Bertz CT molecular complexity index is 319. The van der Waals surface area contributed by atoms with Gasteiger partial charge in [-0.25, -0.2) is 0 Å². The Morgan fingerprint density at radius 1 is 1.29 bits per heavy atom. The van der Waals surface area contributed by atoms with Crippen LogP contribution >= 0.6 is 15.9 Å². The van der Waals surface area contributed by atoms with Crippen LogP contribution in [0.5, 0.6) is 0 Å². The van der Waals surface area contributed by atoms with Gasteiger partial charge in [0.2, 0.25) is 0 Å². The van der Waals surface area contributed by atoms with Crippen LogP contribution in [0.4, 0.5) is 0 Å². The maximum Gasteiger partial charge on any atom is 0.129 e. The number of hydrogen-bond acceptors (Lipinski definition) is 1. The van der Waals surface area contributed by atoms with Gasteiger partial charge in [-0.1, -0.05) is 34.1 Å². The molecule has 0 aliphatic carbocycles. The van der Waals surface area contributed by atoms with E-state index >= 15 is 0 Å². The first-order valence-corrected chi connectivity index (χ1v) is 5.58. The first-order valence-electron chi connectivity index (χ1n) is 4.79. The summed E-state index contributed by atoms with van der Waals surface area (Å²) in [6, 6.07) is 7.85. The van der Waals surface area contributed by atoms with Gasteiger partial charge < -0.3 is 4.90 Å². The number of halogens is 1. The molecule has 0 amide bonds. The molecule has 0 fully saturated rings. The Kier molecular flexibility index (Phi) is 4.14. The van der Waals surface area contributed by atoms with Crippen LogP contribution in [0, 0.1) is 5.41 Å². The average Bonchev–Trinajstić information content (AvgIpc) is 2.20. The van der Waals surface area contributed by atoms with Gasteiger partial charge in [0, 0.05) is 23.1 Å². The molecule has 2 nitrogen and oxygen atoms in total. The highest BCUT2D eigenvalue weighted by atomic mass is 79.9. The van der Waals surface area contributed by atoms with Gasteiger partial charge in [-0.3, -0.25) is 5.41 Å². The fourth-order valence-electron chi connectivity index (χ4n) is 1.36. The summed E-state index contributed by atoms with van der Waals surface area (Å²) in [7, 11) is 0. The molecule has 1 aromatic rings. The maximum atomic E-state index is 8.02. The molecule has 0 aliphatic rings. The monoisotopic (exact) mass is 254 g/mol. The van der Waals surface area contributed by atoms with Crippen LogP contribution in [0.1, 0.15) is 19.4 Å². The molecule has 1 aromatic carbocycles. The number of nitrogens with one attached hydrogen (secondary N) is 1. The molecule has 0 saturated carbocycles. The molecule has 76 valence electrons. The summed E-state index contributed by atoms with van der Waals surface area (Å²) in [6.07, 6.45) is 0. The normalized spacial score (nSPS) is 9.93. The van der Waals surface area contributed by atoms with Crippen LogP contribution < -0.4 is 0 Å². The van der Waals surface area contributed by atoms with Crippen molar-refractivity contribution < 1.29 is 0 Å². The largest absolute Gasteiger partial charge is 0.357 e. The Labute approximate surface area is 93.6 Å². The molecule has 0 unspecified atom stereocenters. The Balaban J connectivity index is 2.94. The molecule has 0 saturated heterocycles. The number of benzene rings is 1. The Morgan fingerprint density at radius 2 is 1.86 bits per heavy atom. The van der Waals surface area contributed by atoms with E-state index in [0.29, 0.717) is 5.84 Å². The van der Waals surface area contributed by atoms with Gasteiger partial charge in [-0.2, -0.15) is 0 Å². The van der Waals surface area contributed by atoms with Crippen LogP contribution in [-0.4, -0.2) is 23.8 Å². The molecular weight excluding hydrogens is 240 g/mol. The average molecular weight is 255 g/mol. The molecule has 0 aromatic heterocycles. The van der Waals surface area contributed by atoms with E-state index in [9.17, 15) is 0 Å². The first-order chi connectivity index (χ1) is 6.70. The smallest absolute Gasteiger partial charge is 0.129 e. The van der Waals surface area contributed by atoms with Crippen molar-refractivity contribution in [3.05, 3.63) is 34.3 Å². The summed E-state index contributed by atoms with van der Waals surface area (Å²) in [6.45, 7) is 5.87. The topological polar surface area (TPSA) is 27.1 Å². The quantitative estimate of drug-likeness (QED) is 0.652. The van der Waals surface area contributed by atoms with Crippen molar-refractivity contribution in [1.82, 2.24) is 4.90 Å². The van der Waals surface area contributed by atoms with Crippen molar-refractivity contribution in [2.75, 3.05) is 13.1 Å². The highest BCUT2D eigenvalue weighted by Crippen LogP contribution is 2.17. The van der Waals surface area contributed by atoms with Crippen molar-refractivity contribution in [3.63, 3.8) is 0 Å². The van der Waals surface area contributed by atoms with E-state index < -0.39 is 0 Å². The van der Waals surface area contributed by atoms with E-state index in [0.717, 1.165) is 23.1 Å². The van der Waals surface area contributed by atoms with Gasteiger partial charge in [-0.15, -0.1) is 0 Å². The fourth-order valence-corrected chi connectivity index (χ4v) is 1.84. The minimum atomic E-state index is 0.586. The molecule has 1 rings (SSSR count). The highest BCUT2D eigenvalue weighted by Gasteiger charge is 2.10. The standard InChI is InChI=1S/C11H15BrN2/c1-3-14(4-2)11(13)9-7-5-6-8-10(9)12/h5-8,13H,3-4H2,1-2H3. The SMILES string of the molecule is CCN(CC)C(=N)c1ccccc1Br. The van der Waals surface area contributed by atoms with Crippen LogP contribution in [0.25, 0.3) is 0 Å². The maximum absolute atomic E-state index is 8.02. The summed E-state index contributed by atoms with van der Waals surface area (Å²) in [4.78, 5) is 2.03. The zero-order chi connectivity index (χ0) is 10.6. The molecule has 1 N–H and O–H groups in total. The molecule has 0 radical (unpaired) electrons. The van der Waals surface area contributed by atoms with Crippen molar-refractivity contribution >= 4 is 21.8 Å². The predicted octanol–water partition coefficient (Wildman–Crippen LogP) is 3.12. The van der Waals surface area contributed by atoms with E-state index in [2.05, 4.69) is 29.8 Å². The lowest BCUT2D eigenvalue weighted by Crippen LogP contribution is -2.30. The van der Waals surface area contributed by atoms with Crippen molar-refractivity contribution in [2.24, 2.45) is 0 Å². The first kappa shape index (κ1) is 11.2. The van der Waals surface area contributed by atoms with Gasteiger partial charge in [0.05, 0.1) is 0 Å². The molecule has 0 heterocycles. The van der Waals surface area contributed by atoms with E-state index in [1.54, 1.807) is 0 Å². The summed E-state index contributed by atoms with van der Waals surface area (Å²) in [5.74, 6) is 0.586. The second kappa shape index (κ2) is 5.15. The van der Waals surface area contributed by atoms with Crippen LogP contribution in [-0.2, 0) is 0 Å². The van der Waals surface area contributed by atoms with Gasteiger partial charge in [0.1, 0.15) is 5.84 Å². The zero-order valence-electron chi connectivity index (χ0n) is 8.55. The summed E-state index contributed by atoms with van der Waals surface area (Å²) in [5.41, 5.74) is 0.955. The lowest BCUT2D eigenvalue weighted by molar-refractivity contribution is 0.463. The minimum Gasteiger partial charge on any atom is -0.357 e. The van der Waals surface area contributed by atoms with Crippen molar-refractivity contribution in [3.8, 4) is 0 Å². The summed E-state index contributed by atoms with van der Waals surface area (Å²) >= 11 is 3.46. The Morgan fingerprint density at radius 3 is 2.36 bits per heavy atom. The molecule has 0 atom stereocenters. The second-order valence-electron chi connectivity index (χ2n) is 3.00. The lowest BCUT2D eigenvalue weighted by Gasteiger charge is -2.22. The number of rotatable bonds is 3. The third kappa shape index (κ3) is 2.35. The molecule has 0 aliphatic heterocycles. The molecular formula is C11H15BrN2. The Hall–Kier alpha value is -0.830. The van der Waals surface area contributed by atoms with E-state index in [-0.39, 0.29) is 0 Å². The van der Waals surface area contributed by atoms with Crippen LogP contribution in [0.15, 0.2) is 28.7 Å². The van der Waals surface area contributed by atoms with Gasteiger partial charge in [-0.05, 0) is 19.9 Å². The van der Waals surface area contributed by atoms with E-state index in [1.165, 1.54) is 0 Å². The molecule has 0 bridgehead atoms. The van der Waals surface area contributed by atoms with E-state index in [4.69, 9.17) is 5.41 Å². The molecule has 3 heteroatoms. The lowest BCUT2D eigenvalue weighted by atomic mass is 10.2.